The third-order valence-corrected chi connectivity index (χ3v) is 14.1. The highest BCUT2D eigenvalue weighted by molar-refractivity contribution is 6.01. The van der Waals surface area contributed by atoms with Gasteiger partial charge in [-0.25, -0.2) is 19.4 Å². The van der Waals surface area contributed by atoms with E-state index in [1.807, 2.05) is 69.5 Å². The molecule has 4 aliphatic heterocycles. The number of carbonyl (C=O) groups excluding carboxylic acids is 2. The quantitative estimate of drug-likeness (QED) is 0.185. The van der Waals surface area contributed by atoms with Gasteiger partial charge >= 0.3 is 0 Å². The van der Waals surface area contributed by atoms with Crippen LogP contribution in [0.2, 0.25) is 0 Å². The molecule has 0 unspecified atom stereocenters. The number of hydrogen-bond donors (Lipinski definition) is 1. The highest BCUT2D eigenvalue weighted by Crippen LogP contribution is 2.46. The van der Waals surface area contributed by atoms with Crippen molar-refractivity contribution >= 4 is 57.6 Å². The average Bonchev–Trinajstić information content (AvgIpc) is 3.92. The topological polar surface area (TPSA) is 107 Å². The Morgan fingerprint density at radius 2 is 1.34 bits per heavy atom. The number of pyridine rings is 2. The Kier molecular flexibility index (Phi) is 11.5. The van der Waals surface area contributed by atoms with E-state index in [-0.39, 0.29) is 48.5 Å². The van der Waals surface area contributed by atoms with Gasteiger partial charge in [0.2, 0.25) is 11.8 Å². The summed E-state index contributed by atoms with van der Waals surface area (Å²) in [7, 11) is 1.74. The zero-order valence-corrected chi connectivity index (χ0v) is 35.4. The number of methoxy groups -OCH3 is 1. The number of nitrogens with zero attached hydrogens (tertiary/aromatic N) is 7. The lowest BCUT2D eigenvalue weighted by molar-refractivity contribution is -0.125. The number of alkyl halides is 2. The number of fused-ring (bicyclic) bond motifs is 4. The molecule has 62 heavy (non-hydrogen) atoms. The molecule has 2 aliphatic carbocycles. The van der Waals surface area contributed by atoms with Gasteiger partial charge in [-0.2, -0.15) is 0 Å². The molecule has 4 fully saturated rings. The lowest BCUT2D eigenvalue weighted by atomic mass is 9.86. The number of amides is 2. The Balaban J connectivity index is 0.911. The summed E-state index contributed by atoms with van der Waals surface area (Å²) in [5, 5.41) is 5.30. The van der Waals surface area contributed by atoms with Gasteiger partial charge in [0, 0.05) is 85.9 Å². The maximum Gasteiger partial charge on any atom is 0.230 e. The van der Waals surface area contributed by atoms with Crippen LogP contribution in [0.4, 0.5) is 54.5 Å². The molecule has 12 nitrogen and oxygen atoms in total. The number of aromatic nitrogens is 2. The highest BCUT2D eigenvalue weighted by atomic mass is 19.1. The fraction of sp³-hybridized carbons (Fsp3) is 0.500. The predicted octanol–water partition coefficient (Wildman–Crippen LogP) is 8.79. The summed E-state index contributed by atoms with van der Waals surface area (Å²) in [4.78, 5) is 54.0. The summed E-state index contributed by atoms with van der Waals surface area (Å²) in [5.41, 5.74) is 6.73. The molecule has 10 rings (SSSR count). The second kappa shape index (κ2) is 17.4. The van der Waals surface area contributed by atoms with E-state index in [2.05, 4.69) is 26.2 Å². The molecule has 14 heteroatoms. The summed E-state index contributed by atoms with van der Waals surface area (Å²) in [6.45, 7) is 2.76. The normalized spacial score (nSPS) is 25.9. The summed E-state index contributed by atoms with van der Waals surface area (Å²) < 4.78 is 33.8. The smallest absolute Gasteiger partial charge is 0.230 e. The van der Waals surface area contributed by atoms with Gasteiger partial charge in [-0.1, -0.05) is 12.1 Å². The predicted molar refractivity (Wildman–Crippen MR) is 237 cm³/mol. The molecule has 6 heterocycles. The van der Waals surface area contributed by atoms with Crippen LogP contribution in [-0.4, -0.2) is 80.1 Å². The molecule has 6 aliphatic rings. The van der Waals surface area contributed by atoms with Gasteiger partial charge in [-0.05, 0) is 113 Å². The van der Waals surface area contributed by atoms with E-state index < -0.39 is 6.17 Å². The number of nitrogens with one attached hydrogen (secondary N) is 1. The largest absolute Gasteiger partial charge is 0.381 e. The first-order chi connectivity index (χ1) is 30.3. The first kappa shape index (κ1) is 40.7. The zero-order chi connectivity index (χ0) is 42.3. The Bertz CT molecular complexity index is 2280. The Labute approximate surface area is 362 Å². The van der Waals surface area contributed by atoms with Crippen molar-refractivity contribution in [3.8, 4) is 0 Å². The number of halogens is 2. The molecule has 2 amide bonds. The first-order valence-electron chi connectivity index (χ1n) is 22.6. The van der Waals surface area contributed by atoms with Gasteiger partial charge in [0.15, 0.2) is 5.82 Å². The number of ether oxygens (including phenoxy) is 1. The van der Waals surface area contributed by atoms with Crippen molar-refractivity contribution in [1.82, 2.24) is 9.97 Å². The van der Waals surface area contributed by atoms with Crippen molar-refractivity contribution in [2.75, 3.05) is 69.9 Å². The van der Waals surface area contributed by atoms with E-state index in [9.17, 15) is 18.4 Å². The maximum atomic E-state index is 14.8. The van der Waals surface area contributed by atoms with Crippen LogP contribution in [0.1, 0.15) is 75.3 Å². The standard InChI is InChI=1S/C48H56F2N8O4/c1-61-39-12-6-32(7-13-39)48(60)57-29-35-5-3-21-52-46(35)58(42-17-11-38(25-44(42)57)55-23-19-36(50)30-55)62-40-14-8-33(9-15-40)47(59)56-28-34-4-2-20-51-45(34)53-41-16-10-37(24-43(41)56)54-22-18-31(26-49)27-54/h2-5,10-11,16-17,20-21,24-25,31-33,36,39-40H,6-9,12-15,18-19,22-23,26-30H2,1H3,(H,51,53)/t31-,32-,33-,36+,39-,40-/m1/s1. The van der Waals surface area contributed by atoms with Gasteiger partial charge in [0.05, 0.1) is 54.7 Å². The van der Waals surface area contributed by atoms with Crippen molar-refractivity contribution < 1.29 is 27.9 Å². The van der Waals surface area contributed by atoms with E-state index in [1.165, 1.54) is 0 Å². The van der Waals surface area contributed by atoms with Gasteiger partial charge in [0.1, 0.15) is 12.0 Å². The lowest BCUT2D eigenvalue weighted by Crippen LogP contribution is -2.39. The summed E-state index contributed by atoms with van der Waals surface area (Å²) in [6.07, 6.45) is 9.61. The van der Waals surface area contributed by atoms with Crippen molar-refractivity contribution in [3.63, 3.8) is 0 Å². The fourth-order valence-corrected chi connectivity index (χ4v) is 10.5. The van der Waals surface area contributed by atoms with Gasteiger partial charge < -0.3 is 29.7 Å². The molecule has 0 radical (unpaired) electrons. The Morgan fingerprint density at radius 1 is 0.710 bits per heavy atom. The van der Waals surface area contributed by atoms with Crippen LogP contribution in [0.25, 0.3) is 0 Å². The van der Waals surface area contributed by atoms with Crippen LogP contribution >= 0.6 is 0 Å². The van der Waals surface area contributed by atoms with E-state index in [0.29, 0.717) is 76.3 Å². The van der Waals surface area contributed by atoms with Gasteiger partial charge in [-0.15, -0.1) is 0 Å². The van der Waals surface area contributed by atoms with Gasteiger partial charge in [0.25, 0.3) is 0 Å². The molecule has 2 saturated carbocycles. The van der Waals surface area contributed by atoms with E-state index in [4.69, 9.17) is 14.6 Å². The minimum atomic E-state index is -0.889. The monoisotopic (exact) mass is 846 g/mol. The second-order valence-corrected chi connectivity index (χ2v) is 18.0. The van der Waals surface area contributed by atoms with Crippen LogP contribution in [0.5, 0.6) is 0 Å². The molecule has 1 N–H and O–H groups in total. The van der Waals surface area contributed by atoms with Crippen molar-refractivity contribution in [3.05, 3.63) is 84.2 Å². The molecule has 2 aromatic carbocycles. The fourth-order valence-electron chi connectivity index (χ4n) is 10.5. The summed E-state index contributed by atoms with van der Waals surface area (Å²) >= 11 is 0. The lowest BCUT2D eigenvalue weighted by Gasteiger charge is -2.35. The SMILES string of the molecule is CO[C@H]1CC[C@H](C(=O)N2Cc3cccnc3N(O[C@H]3CC[C@H](C(=O)N4Cc5cccnc5Nc5ccc(N6CC[C@H](CF)C6)cc54)CC3)c3ccc(N4CC[C@H](F)C4)cc32)CC1. The third kappa shape index (κ3) is 7.95. The van der Waals surface area contributed by atoms with Crippen LogP contribution < -0.4 is 30.0 Å². The van der Waals surface area contributed by atoms with Gasteiger partial charge in [-0.3, -0.25) is 18.8 Å². The van der Waals surface area contributed by atoms with E-state index in [1.54, 1.807) is 19.5 Å². The van der Waals surface area contributed by atoms with Crippen molar-refractivity contribution in [1.29, 1.82) is 0 Å². The highest BCUT2D eigenvalue weighted by Gasteiger charge is 2.39. The van der Waals surface area contributed by atoms with Crippen LogP contribution in [-0.2, 0) is 32.3 Å². The van der Waals surface area contributed by atoms with Crippen LogP contribution in [0.3, 0.4) is 0 Å². The molecule has 0 bridgehead atoms. The molecular formula is C48H56F2N8O4. The zero-order valence-electron chi connectivity index (χ0n) is 35.4. The number of benzene rings is 2. The van der Waals surface area contributed by atoms with Crippen LogP contribution in [0, 0.1) is 17.8 Å². The number of anilines is 8. The number of hydrogen-bond acceptors (Lipinski definition) is 10. The van der Waals surface area contributed by atoms with Crippen molar-refractivity contribution in [2.24, 2.45) is 17.8 Å². The molecule has 4 aromatic rings. The second-order valence-electron chi connectivity index (χ2n) is 18.0. The molecule has 2 saturated heterocycles. The van der Waals surface area contributed by atoms with Crippen LogP contribution in [0.15, 0.2) is 73.1 Å². The molecule has 0 spiro atoms. The molecular weight excluding hydrogens is 791 g/mol. The number of carbonyl (C=O) groups is 2. The molecule has 2 aromatic heterocycles. The minimum Gasteiger partial charge on any atom is -0.381 e. The Morgan fingerprint density at radius 3 is 2.03 bits per heavy atom. The number of rotatable bonds is 8. The minimum absolute atomic E-state index is 0.0215. The van der Waals surface area contributed by atoms with Crippen molar-refractivity contribution in [2.45, 2.75) is 95.7 Å². The molecule has 2 atom stereocenters. The maximum absolute atomic E-state index is 14.8. The Hall–Kier alpha value is -5.34. The third-order valence-electron chi connectivity index (χ3n) is 14.1. The van der Waals surface area contributed by atoms with E-state index >= 15 is 0 Å². The van der Waals surface area contributed by atoms with E-state index in [0.717, 1.165) is 84.0 Å². The molecule has 326 valence electrons. The summed E-state index contributed by atoms with van der Waals surface area (Å²) in [5.74, 6) is 1.16. The summed E-state index contributed by atoms with van der Waals surface area (Å²) in [6, 6.07) is 20.0. The average molecular weight is 847 g/mol. The first-order valence-corrected chi connectivity index (χ1v) is 22.6.